The van der Waals surface area contributed by atoms with Gasteiger partial charge in [-0.3, -0.25) is 19.9 Å². The summed E-state index contributed by atoms with van der Waals surface area (Å²) in [6.45, 7) is 0.708. The molecular formula is C21H17ClF2N4O2. The first-order chi connectivity index (χ1) is 14.4. The second-order valence-corrected chi connectivity index (χ2v) is 7.50. The number of aromatic nitrogens is 2. The molecule has 1 aliphatic rings. The number of amides is 2. The Hall–Kier alpha value is -3.13. The standard InChI is InChI=1S/C21H17ClF2N4O2/c22-13-9-17(24)19(26-11-13)27-20(29)21(30)28-7-4-12(5-8-28)15-3-6-25-18-2-1-14(23)10-16(15)18/h1-3,6,9-12H,4-5,7-8H2,(H,26,27,29). The quantitative estimate of drug-likeness (QED) is 0.625. The maximum absolute atomic E-state index is 13.8. The third kappa shape index (κ3) is 4.09. The molecule has 0 radical (unpaired) electrons. The van der Waals surface area contributed by atoms with E-state index in [-0.39, 0.29) is 22.6 Å². The van der Waals surface area contributed by atoms with E-state index in [0.29, 0.717) is 31.4 Å². The molecule has 1 saturated heterocycles. The largest absolute Gasteiger partial charge is 0.334 e. The van der Waals surface area contributed by atoms with Crippen LogP contribution in [0.3, 0.4) is 0 Å². The Kier molecular flexibility index (Phi) is 5.59. The number of fused-ring (bicyclic) bond motifs is 1. The van der Waals surface area contributed by atoms with Crippen LogP contribution in [0.1, 0.15) is 24.3 Å². The number of carbonyl (C=O) groups is 2. The number of hydrogen-bond acceptors (Lipinski definition) is 4. The van der Waals surface area contributed by atoms with E-state index in [2.05, 4.69) is 15.3 Å². The summed E-state index contributed by atoms with van der Waals surface area (Å²) in [5.74, 6) is -3.10. The molecule has 9 heteroatoms. The Morgan fingerprint density at radius 1 is 1.10 bits per heavy atom. The Labute approximate surface area is 175 Å². The van der Waals surface area contributed by atoms with Crippen LogP contribution in [0, 0.1) is 11.6 Å². The molecule has 0 bridgehead atoms. The van der Waals surface area contributed by atoms with Crippen molar-refractivity contribution < 1.29 is 18.4 Å². The molecule has 0 atom stereocenters. The molecule has 3 aromatic rings. The topological polar surface area (TPSA) is 75.2 Å². The fraction of sp³-hybridized carbons (Fsp3) is 0.238. The van der Waals surface area contributed by atoms with Crippen molar-refractivity contribution in [2.45, 2.75) is 18.8 Å². The van der Waals surface area contributed by atoms with Crippen LogP contribution in [-0.2, 0) is 9.59 Å². The molecule has 1 aliphatic heterocycles. The van der Waals surface area contributed by atoms with Gasteiger partial charge < -0.3 is 4.90 Å². The Bertz CT molecular complexity index is 1130. The number of nitrogens with zero attached hydrogens (tertiary/aromatic N) is 3. The number of piperidine rings is 1. The van der Waals surface area contributed by atoms with Gasteiger partial charge >= 0.3 is 11.8 Å². The van der Waals surface area contributed by atoms with Gasteiger partial charge in [-0.2, -0.15) is 0 Å². The normalized spacial score (nSPS) is 14.7. The van der Waals surface area contributed by atoms with E-state index in [0.717, 1.165) is 17.0 Å². The van der Waals surface area contributed by atoms with Gasteiger partial charge in [0, 0.05) is 30.9 Å². The summed E-state index contributed by atoms with van der Waals surface area (Å²) < 4.78 is 27.5. The summed E-state index contributed by atoms with van der Waals surface area (Å²) in [7, 11) is 0. The molecule has 154 valence electrons. The van der Waals surface area contributed by atoms with Crippen LogP contribution in [0.5, 0.6) is 0 Å². The van der Waals surface area contributed by atoms with Crippen LogP contribution in [0.2, 0.25) is 5.02 Å². The zero-order valence-corrected chi connectivity index (χ0v) is 16.5. The molecule has 2 amide bonds. The van der Waals surface area contributed by atoms with Gasteiger partial charge in [0.15, 0.2) is 11.6 Å². The van der Waals surface area contributed by atoms with E-state index in [1.54, 1.807) is 12.3 Å². The first-order valence-electron chi connectivity index (χ1n) is 9.38. The first-order valence-corrected chi connectivity index (χ1v) is 9.75. The fourth-order valence-corrected chi connectivity index (χ4v) is 3.85. The summed E-state index contributed by atoms with van der Waals surface area (Å²) in [6, 6.07) is 7.35. The zero-order valence-electron chi connectivity index (χ0n) is 15.7. The van der Waals surface area contributed by atoms with Crippen LogP contribution in [0.4, 0.5) is 14.6 Å². The molecule has 1 fully saturated rings. The van der Waals surface area contributed by atoms with Gasteiger partial charge in [-0.15, -0.1) is 0 Å². The van der Waals surface area contributed by atoms with Crippen molar-refractivity contribution in [3.8, 4) is 0 Å². The molecule has 4 rings (SSSR count). The van der Waals surface area contributed by atoms with E-state index in [4.69, 9.17) is 11.6 Å². The highest BCUT2D eigenvalue weighted by Gasteiger charge is 2.29. The van der Waals surface area contributed by atoms with Gasteiger partial charge in [-0.05, 0) is 54.7 Å². The number of rotatable bonds is 2. The molecule has 0 unspecified atom stereocenters. The predicted octanol–water partition coefficient (Wildman–Crippen LogP) is 3.91. The maximum atomic E-state index is 13.8. The average molecular weight is 431 g/mol. The minimum atomic E-state index is -0.960. The molecule has 0 saturated carbocycles. The lowest BCUT2D eigenvalue weighted by Crippen LogP contribution is -2.44. The van der Waals surface area contributed by atoms with Crippen LogP contribution in [-0.4, -0.2) is 39.8 Å². The van der Waals surface area contributed by atoms with Gasteiger partial charge in [0.25, 0.3) is 0 Å². The summed E-state index contributed by atoms with van der Waals surface area (Å²) in [5, 5.41) is 3.02. The van der Waals surface area contributed by atoms with Crippen molar-refractivity contribution in [3.63, 3.8) is 0 Å². The number of carbonyl (C=O) groups excluding carboxylic acids is 2. The lowest BCUT2D eigenvalue weighted by Gasteiger charge is -2.32. The van der Waals surface area contributed by atoms with E-state index < -0.39 is 17.6 Å². The molecule has 1 N–H and O–H groups in total. The van der Waals surface area contributed by atoms with Crippen LogP contribution in [0.25, 0.3) is 10.9 Å². The summed E-state index contributed by atoms with van der Waals surface area (Å²) in [5.41, 5.74) is 1.69. The van der Waals surface area contributed by atoms with E-state index >= 15 is 0 Å². The molecular weight excluding hydrogens is 414 g/mol. The molecule has 1 aromatic carbocycles. The number of benzene rings is 1. The summed E-state index contributed by atoms with van der Waals surface area (Å²) in [4.78, 5) is 34.1. The molecule has 6 nitrogen and oxygen atoms in total. The first kappa shape index (κ1) is 20.2. The second-order valence-electron chi connectivity index (χ2n) is 7.07. The summed E-state index contributed by atoms with van der Waals surface area (Å²) >= 11 is 5.63. The highest BCUT2D eigenvalue weighted by molar-refractivity contribution is 6.39. The van der Waals surface area contributed by atoms with E-state index in [9.17, 15) is 18.4 Å². The monoisotopic (exact) mass is 430 g/mol. The van der Waals surface area contributed by atoms with Crippen LogP contribution < -0.4 is 5.32 Å². The number of nitrogens with one attached hydrogen (secondary N) is 1. The summed E-state index contributed by atoms with van der Waals surface area (Å²) in [6.07, 6.45) is 4.09. The van der Waals surface area contributed by atoms with Crippen molar-refractivity contribution in [3.05, 3.63) is 64.9 Å². The van der Waals surface area contributed by atoms with Crippen molar-refractivity contribution >= 4 is 40.1 Å². The number of pyridine rings is 2. The minimum Gasteiger partial charge on any atom is -0.334 e. The van der Waals surface area contributed by atoms with Crippen molar-refractivity contribution in [2.24, 2.45) is 0 Å². The lowest BCUT2D eigenvalue weighted by atomic mass is 9.87. The van der Waals surface area contributed by atoms with Crippen molar-refractivity contribution in [1.82, 2.24) is 14.9 Å². The van der Waals surface area contributed by atoms with E-state index in [1.807, 2.05) is 6.07 Å². The van der Waals surface area contributed by atoms with Gasteiger partial charge in [0.05, 0.1) is 10.5 Å². The Balaban J connectivity index is 1.42. The van der Waals surface area contributed by atoms with Crippen molar-refractivity contribution in [1.29, 1.82) is 0 Å². The predicted molar refractivity (Wildman–Crippen MR) is 108 cm³/mol. The molecule has 0 spiro atoms. The SMILES string of the molecule is O=C(Nc1ncc(Cl)cc1F)C(=O)N1CCC(c2ccnc3ccc(F)cc23)CC1. The minimum absolute atomic E-state index is 0.0856. The smallest absolute Gasteiger partial charge is 0.315 e. The fourth-order valence-electron chi connectivity index (χ4n) is 3.70. The zero-order chi connectivity index (χ0) is 21.3. The number of anilines is 1. The van der Waals surface area contributed by atoms with Crippen LogP contribution >= 0.6 is 11.6 Å². The maximum Gasteiger partial charge on any atom is 0.315 e. The third-order valence-electron chi connectivity index (χ3n) is 5.19. The lowest BCUT2D eigenvalue weighted by molar-refractivity contribution is -0.143. The number of likely N-dealkylation sites (tertiary alicyclic amines) is 1. The third-order valence-corrected chi connectivity index (χ3v) is 5.40. The van der Waals surface area contributed by atoms with E-state index in [1.165, 1.54) is 23.2 Å². The highest BCUT2D eigenvalue weighted by atomic mass is 35.5. The van der Waals surface area contributed by atoms with Gasteiger partial charge in [-0.1, -0.05) is 11.6 Å². The average Bonchev–Trinajstić information content (AvgIpc) is 2.75. The van der Waals surface area contributed by atoms with Crippen LogP contribution in [0.15, 0.2) is 42.7 Å². The van der Waals surface area contributed by atoms with Crippen molar-refractivity contribution in [2.75, 3.05) is 18.4 Å². The van der Waals surface area contributed by atoms with Gasteiger partial charge in [-0.25, -0.2) is 13.8 Å². The van der Waals surface area contributed by atoms with Gasteiger partial charge in [0.1, 0.15) is 5.82 Å². The highest BCUT2D eigenvalue weighted by Crippen LogP contribution is 2.32. The Morgan fingerprint density at radius 3 is 2.60 bits per heavy atom. The second kappa shape index (κ2) is 8.31. The number of hydrogen-bond donors (Lipinski definition) is 1. The molecule has 30 heavy (non-hydrogen) atoms. The van der Waals surface area contributed by atoms with Gasteiger partial charge in [0.2, 0.25) is 0 Å². The molecule has 3 heterocycles. The number of halogens is 3. The Morgan fingerprint density at radius 2 is 1.87 bits per heavy atom. The molecule has 0 aliphatic carbocycles. The molecule has 2 aromatic heterocycles.